The molecule has 20 heavy (non-hydrogen) atoms. The van der Waals surface area contributed by atoms with Gasteiger partial charge in [-0.2, -0.15) is 4.98 Å². The zero-order chi connectivity index (χ0) is 14.5. The molecular formula is C12H9F3N2O2S. The first-order chi connectivity index (χ1) is 9.56. The van der Waals surface area contributed by atoms with Crippen LogP contribution < -0.4 is 0 Å². The number of aromatic nitrogens is 2. The zero-order valence-corrected chi connectivity index (χ0v) is 10.9. The Kier molecular flexibility index (Phi) is 4.78. The second-order valence-corrected chi connectivity index (χ2v) is 4.78. The molecule has 2 aromatic rings. The Morgan fingerprint density at radius 2 is 2.10 bits per heavy atom. The predicted octanol–water partition coefficient (Wildman–Crippen LogP) is 2.88. The highest BCUT2D eigenvalue weighted by Gasteiger charge is 2.19. The first-order valence-corrected chi connectivity index (χ1v) is 6.54. The van der Waals surface area contributed by atoms with Crippen LogP contribution in [0.4, 0.5) is 13.2 Å². The maximum Gasteiger partial charge on any atom is 0.296 e. The van der Waals surface area contributed by atoms with E-state index in [1.807, 2.05) is 0 Å². The molecule has 0 bridgehead atoms. The van der Waals surface area contributed by atoms with Gasteiger partial charge < -0.3 is 4.52 Å². The van der Waals surface area contributed by atoms with Crippen LogP contribution in [0.5, 0.6) is 0 Å². The molecule has 0 atom stereocenters. The van der Waals surface area contributed by atoms with Crippen molar-refractivity contribution in [3.63, 3.8) is 0 Å². The first kappa shape index (κ1) is 14.6. The maximum atomic E-state index is 13.3. The van der Waals surface area contributed by atoms with Crippen LogP contribution in [0, 0.1) is 5.82 Å². The van der Waals surface area contributed by atoms with Crippen molar-refractivity contribution < 1.29 is 22.5 Å². The molecule has 1 aromatic carbocycles. The van der Waals surface area contributed by atoms with E-state index < -0.39 is 18.6 Å². The number of halogens is 3. The summed E-state index contributed by atoms with van der Waals surface area (Å²) >= 11 is 1.15. The molecule has 106 valence electrons. The molecule has 0 unspecified atom stereocenters. The van der Waals surface area contributed by atoms with E-state index in [1.54, 1.807) is 18.2 Å². The van der Waals surface area contributed by atoms with Gasteiger partial charge in [-0.1, -0.05) is 17.3 Å². The molecule has 0 aliphatic rings. The Balaban J connectivity index is 1.93. The van der Waals surface area contributed by atoms with Crippen molar-refractivity contribution in [3.8, 4) is 0 Å². The molecule has 0 spiro atoms. The number of alkyl halides is 2. The van der Waals surface area contributed by atoms with Gasteiger partial charge in [-0.3, -0.25) is 4.79 Å². The molecule has 1 aromatic heterocycles. The molecule has 1 heterocycles. The van der Waals surface area contributed by atoms with E-state index in [0.717, 1.165) is 11.8 Å². The summed E-state index contributed by atoms with van der Waals surface area (Å²) < 4.78 is 42.1. The van der Waals surface area contributed by atoms with Gasteiger partial charge in [0.15, 0.2) is 5.82 Å². The topological polar surface area (TPSA) is 56.0 Å². The summed E-state index contributed by atoms with van der Waals surface area (Å²) in [6.07, 6.45) is -3.66. The fourth-order valence-electron chi connectivity index (χ4n) is 1.35. The summed E-state index contributed by atoms with van der Waals surface area (Å²) in [6.45, 7) is 0. The van der Waals surface area contributed by atoms with Gasteiger partial charge in [-0.05, 0) is 12.1 Å². The third-order valence-corrected chi connectivity index (χ3v) is 3.32. The monoisotopic (exact) mass is 302 g/mol. The molecule has 0 aliphatic heterocycles. The minimum absolute atomic E-state index is 0.167. The van der Waals surface area contributed by atoms with Crippen LogP contribution in [0.15, 0.2) is 33.7 Å². The lowest BCUT2D eigenvalue weighted by molar-refractivity contribution is -0.129. The van der Waals surface area contributed by atoms with E-state index in [4.69, 9.17) is 0 Å². The highest BCUT2D eigenvalue weighted by Crippen LogP contribution is 2.24. The fourth-order valence-corrected chi connectivity index (χ4v) is 2.13. The summed E-state index contributed by atoms with van der Waals surface area (Å²) in [5.74, 6) is -1.38. The molecule has 2 rings (SSSR count). The lowest BCUT2D eigenvalue weighted by atomic mass is 10.3. The molecule has 0 N–H and O–H groups in total. The van der Waals surface area contributed by atoms with Crippen molar-refractivity contribution in [3.05, 3.63) is 41.8 Å². The molecule has 0 fully saturated rings. The van der Waals surface area contributed by atoms with Gasteiger partial charge in [0.2, 0.25) is 11.7 Å². The number of carbonyl (C=O) groups excluding carboxylic acids is 1. The second-order valence-electron chi connectivity index (χ2n) is 3.77. The third-order valence-electron chi connectivity index (χ3n) is 2.27. The summed E-state index contributed by atoms with van der Waals surface area (Å²) in [4.78, 5) is 15.0. The van der Waals surface area contributed by atoms with Crippen molar-refractivity contribution >= 4 is 17.5 Å². The first-order valence-electron chi connectivity index (χ1n) is 5.56. The number of thioether (sulfide) groups is 1. The van der Waals surface area contributed by atoms with E-state index in [2.05, 4.69) is 14.7 Å². The minimum atomic E-state index is -3.06. The number of benzene rings is 1. The van der Waals surface area contributed by atoms with Crippen molar-refractivity contribution in [1.29, 1.82) is 0 Å². The van der Waals surface area contributed by atoms with Gasteiger partial charge in [-0.15, -0.1) is 11.8 Å². The van der Waals surface area contributed by atoms with Gasteiger partial charge in [0.05, 0.1) is 12.2 Å². The van der Waals surface area contributed by atoms with E-state index in [0.29, 0.717) is 4.90 Å². The SMILES string of the molecule is O=C(Cc1nc(CSc2ccccc2F)no1)C(F)F. The molecule has 4 nitrogen and oxygen atoms in total. The number of rotatable bonds is 6. The zero-order valence-electron chi connectivity index (χ0n) is 10.1. The van der Waals surface area contributed by atoms with E-state index in [9.17, 15) is 18.0 Å². The van der Waals surface area contributed by atoms with Crippen molar-refractivity contribution in [2.24, 2.45) is 0 Å². The number of Topliss-reactive ketones (excluding diaryl/α,β-unsaturated/α-hetero) is 1. The summed E-state index contributed by atoms with van der Waals surface area (Å²) in [7, 11) is 0. The molecule has 0 saturated carbocycles. The largest absolute Gasteiger partial charge is 0.339 e. The minimum Gasteiger partial charge on any atom is -0.339 e. The predicted molar refractivity (Wildman–Crippen MR) is 65.0 cm³/mol. The van der Waals surface area contributed by atoms with Crippen LogP contribution in [0.25, 0.3) is 0 Å². The average Bonchev–Trinajstić information content (AvgIpc) is 2.85. The number of carbonyl (C=O) groups is 1. The Labute approximate surface area is 116 Å². The van der Waals surface area contributed by atoms with E-state index >= 15 is 0 Å². The van der Waals surface area contributed by atoms with Crippen LogP contribution in [0.1, 0.15) is 11.7 Å². The van der Waals surface area contributed by atoms with Gasteiger partial charge in [0.25, 0.3) is 6.43 Å². The summed E-state index contributed by atoms with van der Waals surface area (Å²) in [6, 6.07) is 6.18. The molecule has 8 heteroatoms. The Hall–Kier alpha value is -1.83. The van der Waals surface area contributed by atoms with Gasteiger partial charge in [-0.25, -0.2) is 13.2 Å². The Morgan fingerprint density at radius 1 is 1.35 bits per heavy atom. The Bertz CT molecular complexity index is 604. The maximum absolute atomic E-state index is 13.3. The fraction of sp³-hybridized carbons (Fsp3) is 0.250. The number of ketones is 1. The Morgan fingerprint density at radius 3 is 2.80 bits per heavy atom. The van der Waals surface area contributed by atoms with Crippen molar-refractivity contribution in [2.75, 3.05) is 0 Å². The standard InChI is InChI=1S/C12H9F3N2O2S/c13-7-3-1-2-4-9(7)20-6-10-16-11(19-17-10)5-8(18)12(14)15/h1-4,12H,5-6H2. The molecular weight excluding hydrogens is 293 g/mol. The average molecular weight is 302 g/mol. The van der Waals surface area contributed by atoms with Crippen LogP contribution >= 0.6 is 11.8 Å². The number of nitrogens with zero attached hydrogens (tertiary/aromatic N) is 2. The molecule has 0 amide bonds. The van der Waals surface area contributed by atoms with E-state index in [-0.39, 0.29) is 23.3 Å². The third kappa shape index (κ3) is 3.83. The van der Waals surface area contributed by atoms with Gasteiger partial charge in [0.1, 0.15) is 5.82 Å². The number of hydrogen-bond donors (Lipinski definition) is 0. The smallest absolute Gasteiger partial charge is 0.296 e. The number of hydrogen-bond acceptors (Lipinski definition) is 5. The van der Waals surface area contributed by atoms with Crippen LogP contribution in [-0.4, -0.2) is 22.3 Å². The summed E-state index contributed by atoms with van der Waals surface area (Å²) in [5.41, 5.74) is 0. The molecule has 0 radical (unpaired) electrons. The lowest BCUT2D eigenvalue weighted by Crippen LogP contribution is -2.12. The normalized spacial score (nSPS) is 11.0. The van der Waals surface area contributed by atoms with Crippen molar-refractivity contribution in [1.82, 2.24) is 10.1 Å². The van der Waals surface area contributed by atoms with E-state index in [1.165, 1.54) is 6.07 Å². The van der Waals surface area contributed by atoms with Crippen molar-refractivity contribution in [2.45, 2.75) is 23.5 Å². The second kappa shape index (κ2) is 6.56. The summed E-state index contributed by atoms with van der Waals surface area (Å²) in [5, 5.41) is 3.55. The highest BCUT2D eigenvalue weighted by atomic mass is 32.2. The molecule has 0 saturated heterocycles. The van der Waals surface area contributed by atoms with Gasteiger partial charge >= 0.3 is 0 Å². The van der Waals surface area contributed by atoms with Crippen LogP contribution in [-0.2, 0) is 17.0 Å². The molecule has 0 aliphatic carbocycles. The quantitative estimate of drug-likeness (QED) is 0.768. The van der Waals surface area contributed by atoms with Gasteiger partial charge in [0, 0.05) is 4.90 Å². The lowest BCUT2D eigenvalue weighted by Gasteiger charge is -1.99. The van der Waals surface area contributed by atoms with Crippen LogP contribution in [0.2, 0.25) is 0 Å². The van der Waals surface area contributed by atoms with Crippen LogP contribution in [0.3, 0.4) is 0 Å². The highest BCUT2D eigenvalue weighted by molar-refractivity contribution is 7.98.